The van der Waals surface area contributed by atoms with Gasteiger partial charge in [0, 0.05) is 0 Å². The van der Waals surface area contributed by atoms with Crippen LogP contribution in [-0.4, -0.2) is 22.3 Å². The zero-order chi connectivity index (χ0) is 21.7. The van der Waals surface area contributed by atoms with Gasteiger partial charge in [0.2, 0.25) is 0 Å². The van der Waals surface area contributed by atoms with Crippen molar-refractivity contribution in [2.75, 3.05) is 0 Å². The molecule has 3 heteroatoms. The minimum absolute atomic E-state index is 0.110. The summed E-state index contributed by atoms with van der Waals surface area (Å²) in [6.45, 7) is 9.19. The second-order valence-electron chi connectivity index (χ2n) is 11.9. The molecule has 0 radical (unpaired) electrons. The Morgan fingerprint density at radius 3 is 2.57 bits per heavy atom. The first-order chi connectivity index (χ1) is 14.2. The van der Waals surface area contributed by atoms with Crippen LogP contribution in [-0.2, 0) is 4.79 Å². The van der Waals surface area contributed by atoms with Crippen molar-refractivity contribution in [2.45, 2.75) is 91.6 Å². The number of carboxylic acid groups (broad SMARTS) is 1. The normalized spacial score (nSPS) is 44.3. The van der Waals surface area contributed by atoms with Crippen LogP contribution in [0.1, 0.15) is 85.5 Å². The Bertz CT molecular complexity index is 722. The molecule has 0 spiro atoms. The minimum Gasteiger partial charge on any atom is -0.481 e. The van der Waals surface area contributed by atoms with Gasteiger partial charge in [-0.3, -0.25) is 4.79 Å². The maximum Gasteiger partial charge on any atom is 0.314 e. The molecule has 0 amide bonds. The van der Waals surface area contributed by atoms with Crippen LogP contribution in [0.5, 0.6) is 0 Å². The highest BCUT2D eigenvalue weighted by Gasteiger charge is 2.59. The molecule has 30 heavy (non-hydrogen) atoms. The summed E-state index contributed by atoms with van der Waals surface area (Å²) in [7, 11) is 0. The molecule has 0 aromatic carbocycles. The summed E-state index contributed by atoms with van der Waals surface area (Å²) in [5, 5.41) is 20.5. The molecule has 8 atom stereocenters. The van der Waals surface area contributed by atoms with E-state index in [0.29, 0.717) is 23.2 Å². The van der Waals surface area contributed by atoms with Crippen LogP contribution in [0.15, 0.2) is 23.8 Å². The average molecular weight is 415 g/mol. The van der Waals surface area contributed by atoms with Crippen LogP contribution in [0.4, 0.5) is 0 Å². The molecular weight excluding hydrogens is 372 g/mol. The molecule has 0 saturated heterocycles. The van der Waals surface area contributed by atoms with Crippen LogP contribution < -0.4 is 0 Å². The molecule has 0 unspecified atom stereocenters. The van der Waals surface area contributed by atoms with Gasteiger partial charge in [0.15, 0.2) is 0 Å². The largest absolute Gasteiger partial charge is 0.481 e. The van der Waals surface area contributed by atoms with E-state index < -0.39 is 11.9 Å². The SMILES string of the molecule is CC(C)C/C=C\[C@H](C(=O)O)C1=CC[C@@]2(C)[C@@H](CC[C@@H]3[C@H]4CC[C@H](O)[C@@]4(C)CC[C@@H]32)C1. The predicted molar refractivity (Wildman–Crippen MR) is 121 cm³/mol. The molecule has 3 fully saturated rings. The Morgan fingerprint density at radius 1 is 1.13 bits per heavy atom. The van der Waals surface area contributed by atoms with Gasteiger partial charge in [-0.05, 0) is 98.2 Å². The highest BCUT2D eigenvalue weighted by molar-refractivity contribution is 5.76. The lowest BCUT2D eigenvalue weighted by Gasteiger charge is -2.60. The van der Waals surface area contributed by atoms with Gasteiger partial charge in [-0.1, -0.05) is 51.5 Å². The Balaban J connectivity index is 1.54. The van der Waals surface area contributed by atoms with Crippen molar-refractivity contribution in [3.63, 3.8) is 0 Å². The summed E-state index contributed by atoms with van der Waals surface area (Å²) in [6, 6.07) is 0. The van der Waals surface area contributed by atoms with Crippen LogP contribution >= 0.6 is 0 Å². The van der Waals surface area contributed by atoms with Crippen LogP contribution in [0, 0.1) is 46.3 Å². The Labute approximate surface area is 183 Å². The zero-order valence-electron chi connectivity index (χ0n) is 19.4. The van der Waals surface area contributed by atoms with E-state index in [-0.39, 0.29) is 11.5 Å². The van der Waals surface area contributed by atoms with Crippen molar-refractivity contribution in [3.05, 3.63) is 23.8 Å². The summed E-state index contributed by atoms with van der Waals surface area (Å²) in [4.78, 5) is 12.0. The fraction of sp³-hybridized carbons (Fsp3) is 0.815. The van der Waals surface area contributed by atoms with E-state index in [4.69, 9.17) is 0 Å². The Kier molecular flexibility index (Phi) is 5.98. The fourth-order valence-electron chi connectivity index (χ4n) is 7.98. The topological polar surface area (TPSA) is 57.5 Å². The van der Waals surface area contributed by atoms with Gasteiger partial charge >= 0.3 is 5.97 Å². The van der Waals surface area contributed by atoms with Gasteiger partial charge in [-0.15, -0.1) is 0 Å². The van der Waals surface area contributed by atoms with Crippen molar-refractivity contribution in [3.8, 4) is 0 Å². The third-order valence-corrected chi connectivity index (χ3v) is 9.90. The van der Waals surface area contributed by atoms with E-state index in [1.807, 2.05) is 6.08 Å². The van der Waals surface area contributed by atoms with Crippen LogP contribution in [0.3, 0.4) is 0 Å². The first-order valence-electron chi connectivity index (χ1n) is 12.4. The number of aliphatic hydroxyl groups excluding tert-OH is 1. The molecule has 0 bridgehead atoms. The van der Waals surface area contributed by atoms with E-state index in [0.717, 1.165) is 49.5 Å². The number of hydrogen-bond donors (Lipinski definition) is 2. The molecular formula is C27H42O3. The second kappa shape index (κ2) is 8.11. The van der Waals surface area contributed by atoms with Gasteiger partial charge in [-0.25, -0.2) is 0 Å². The lowest BCUT2D eigenvalue weighted by molar-refractivity contribution is -0.139. The van der Waals surface area contributed by atoms with E-state index in [9.17, 15) is 15.0 Å². The highest BCUT2D eigenvalue weighted by atomic mass is 16.4. The van der Waals surface area contributed by atoms with Crippen molar-refractivity contribution in [1.29, 1.82) is 0 Å². The molecule has 3 nitrogen and oxygen atoms in total. The van der Waals surface area contributed by atoms with Gasteiger partial charge in [0.05, 0.1) is 12.0 Å². The first-order valence-corrected chi connectivity index (χ1v) is 12.4. The summed E-state index contributed by atoms with van der Waals surface area (Å²) in [5.74, 6) is 2.17. The lowest BCUT2D eigenvalue weighted by atomic mass is 9.45. The second-order valence-corrected chi connectivity index (χ2v) is 11.9. The smallest absolute Gasteiger partial charge is 0.314 e. The monoisotopic (exact) mass is 414 g/mol. The third-order valence-electron chi connectivity index (χ3n) is 9.90. The predicted octanol–water partition coefficient (Wildman–Crippen LogP) is 6.23. The first kappa shape index (κ1) is 22.1. The van der Waals surface area contributed by atoms with Crippen molar-refractivity contribution in [2.24, 2.45) is 46.3 Å². The molecule has 0 heterocycles. The van der Waals surface area contributed by atoms with Crippen LogP contribution in [0.25, 0.3) is 0 Å². The standard InChI is InChI=1S/C27H42O3/c1-17(2)6-5-7-20(25(29)30)18-12-14-26(3)19(16-18)8-9-21-22-10-11-24(28)27(22,4)15-13-23(21)26/h5,7,12,17,19-24,28H,6,8-11,13-16H2,1-4H3,(H,29,30)/b7-5-/t19-,20-,21+,22+,23-,24-,26-,27-/m0/s1. The van der Waals surface area contributed by atoms with Gasteiger partial charge in [0.1, 0.15) is 0 Å². The molecule has 0 aliphatic heterocycles. The van der Waals surface area contributed by atoms with E-state index in [1.165, 1.54) is 25.7 Å². The third kappa shape index (κ3) is 3.59. The molecule has 4 aliphatic rings. The van der Waals surface area contributed by atoms with E-state index >= 15 is 0 Å². The molecule has 168 valence electrons. The maximum atomic E-state index is 12.0. The van der Waals surface area contributed by atoms with Crippen LogP contribution in [0.2, 0.25) is 0 Å². The molecule has 4 rings (SSSR count). The number of carboxylic acids is 1. The average Bonchev–Trinajstić information content (AvgIpc) is 2.99. The minimum atomic E-state index is -0.702. The summed E-state index contributed by atoms with van der Waals surface area (Å²) < 4.78 is 0. The van der Waals surface area contributed by atoms with Crippen molar-refractivity contribution < 1.29 is 15.0 Å². The van der Waals surface area contributed by atoms with Gasteiger partial charge in [-0.2, -0.15) is 0 Å². The molecule has 0 aromatic heterocycles. The quantitative estimate of drug-likeness (QED) is 0.524. The summed E-state index contributed by atoms with van der Waals surface area (Å²) in [5.41, 5.74) is 1.57. The lowest BCUT2D eigenvalue weighted by Crippen LogP contribution is -2.53. The number of aliphatic hydroxyl groups is 1. The summed E-state index contributed by atoms with van der Waals surface area (Å²) in [6.07, 6.45) is 16.2. The molecule has 2 N–H and O–H groups in total. The number of fused-ring (bicyclic) bond motifs is 5. The van der Waals surface area contributed by atoms with Gasteiger partial charge < -0.3 is 10.2 Å². The Hall–Kier alpha value is -1.09. The van der Waals surface area contributed by atoms with Crippen molar-refractivity contribution >= 4 is 5.97 Å². The number of carbonyl (C=O) groups is 1. The molecule has 0 aromatic rings. The van der Waals surface area contributed by atoms with E-state index in [1.54, 1.807) is 0 Å². The zero-order valence-corrected chi connectivity index (χ0v) is 19.4. The van der Waals surface area contributed by atoms with E-state index in [2.05, 4.69) is 39.8 Å². The van der Waals surface area contributed by atoms with Crippen molar-refractivity contribution in [1.82, 2.24) is 0 Å². The molecule has 4 aliphatic carbocycles. The van der Waals surface area contributed by atoms with Gasteiger partial charge in [0.25, 0.3) is 0 Å². The highest BCUT2D eigenvalue weighted by Crippen LogP contribution is 2.66. The fourth-order valence-corrected chi connectivity index (χ4v) is 7.98. The summed E-state index contributed by atoms with van der Waals surface area (Å²) >= 11 is 0. The maximum absolute atomic E-state index is 12.0. The number of hydrogen-bond acceptors (Lipinski definition) is 2. The number of aliphatic carboxylic acids is 1. The number of allylic oxidation sites excluding steroid dienone is 2. The number of rotatable bonds is 5. The molecule has 3 saturated carbocycles. The Morgan fingerprint density at radius 2 is 1.87 bits per heavy atom.